The van der Waals surface area contributed by atoms with Crippen LogP contribution in [0.15, 0.2) is 41.3 Å². The molecule has 0 saturated heterocycles. The van der Waals surface area contributed by atoms with Crippen LogP contribution in [0.3, 0.4) is 0 Å². The number of sulfone groups is 1. The maximum absolute atomic E-state index is 13.6. The molecule has 0 radical (unpaired) electrons. The van der Waals surface area contributed by atoms with Crippen molar-refractivity contribution in [3.05, 3.63) is 58.6 Å². The number of hydrogen-bond donors (Lipinski definition) is 5. The summed E-state index contributed by atoms with van der Waals surface area (Å²) in [5, 5.41) is 43.1. The van der Waals surface area contributed by atoms with Crippen LogP contribution in [0.1, 0.15) is 36.5 Å². The fraction of sp³-hybridized carbons (Fsp3) is 0.458. The van der Waals surface area contributed by atoms with E-state index in [1.54, 1.807) is 0 Å². The number of carbonyl (C=O) groups is 1. The van der Waals surface area contributed by atoms with Gasteiger partial charge < -0.3 is 25.7 Å². The van der Waals surface area contributed by atoms with E-state index in [1.807, 2.05) is 0 Å². The largest absolute Gasteiger partial charge is 0.393 e. The number of hydrogen-bond acceptors (Lipinski definition) is 7. The fourth-order valence-electron chi connectivity index (χ4n) is 5.50. The molecule has 1 amide bonds. The van der Waals surface area contributed by atoms with Crippen molar-refractivity contribution in [1.29, 1.82) is 0 Å². The predicted octanol–water partition coefficient (Wildman–Crippen LogP) is 2.28. The Kier molecular flexibility index (Phi) is 7.19. The zero-order valence-corrected chi connectivity index (χ0v) is 20.7. The molecule has 2 saturated carbocycles. The lowest BCUT2D eigenvalue weighted by atomic mass is 9.70. The van der Waals surface area contributed by atoms with Crippen molar-refractivity contribution in [1.82, 2.24) is 0 Å². The average molecular weight is 546 g/mol. The number of carbonyl (C=O) groups excluding carboxylic acids is 1. The Morgan fingerprint density at radius 2 is 1.81 bits per heavy atom. The highest BCUT2D eigenvalue weighted by Crippen LogP contribution is 2.54. The number of nitrogens with one attached hydrogen (secondary N) is 1. The third kappa shape index (κ3) is 4.52. The number of fused-ring (bicyclic) bond motifs is 2. The molecule has 36 heavy (non-hydrogen) atoms. The molecule has 2 fully saturated rings. The topological polar surface area (TPSA) is 144 Å². The molecule has 7 atom stereocenters. The number of aliphatic hydroxyl groups is 4. The summed E-state index contributed by atoms with van der Waals surface area (Å²) >= 11 is 6.19. The highest BCUT2D eigenvalue weighted by molar-refractivity contribution is 7.92. The number of aliphatic hydroxyl groups excluding tert-OH is 3. The molecule has 0 heterocycles. The summed E-state index contributed by atoms with van der Waals surface area (Å²) in [6.45, 7) is 1.30. The zero-order chi connectivity index (χ0) is 26.6. The van der Waals surface area contributed by atoms with E-state index in [9.17, 15) is 42.4 Å². The summed E-state index contributed by atoms with van der Waals surface area (Å²) in [4.78, 5) is 12.3. The number of benzene rings is 2. The van der Waals surface area contributed by atoms with Gasteiger partial charge in [-0.15, -0.1) is 0 Å². The molecule has 8 nitrogen and oxygen atoms in total. The van der Waals surface area contributed by atoms with Gasteiger partial charge in [-0.1, -0.05) is 11.6 Å². The van der Waals surface area contributed by atoms with E-state index in [0.29, 0.717) is 0 Å². The second-order valence-corrected chi connectivity index (χ2v) is 12.1. The third-order valence-corrected chi connectivity index (χ3v) is 10.0. The van der Waals surface area contributed by atoms with Gasteiger partial charge in [-0.05, 0) is 62.4 Å². The lowest BCUT2D eigenvalue weighted by Gasteiger charge is -2.46. The summed E-state index contributed by atoms with van der Waals surface area (Å²) in [5.41, 5.74) is -1.98. The summed E-state index contributed by atoms with van der Waals surface area (Å²) in [5.74, 6) is -4.83. The molecule has 0 spiro atoms. The average Bonchev–Trinajstić information content (AvgIpc) is 2.94. The van der Waals surface area contributed by atoms with Crippen molar-refractivity contribution < 1.29 is 42.4 Å². The highest BCUT2D eigenvalue weighted by Gasteiger charge is 2.63. The van der Waals surface area contributed by atoms with Crippen LogP contribution in [-0.4, -0.2) is 63.9 Å². The smallest absolute Gasteiger partial charge is 0.255 e. The quantitative estimate of drug-likeness (QED) is 0.374. The van der Waals surface area contributed by atoms with Gasteiger partial charge in [0.05, 0.1) is 27.4 Å². The molecule has 0 aliphatic heterocycles. The lowest BCUT2D eigenvalue weighted by Crippen LogP contribution is -2.59. The minimum Gasteiger partial charge on any atom is -0.393 e. The number of amides is 1. The van der Waals surface area contributed by atoms with E-state index in [0.717, 1.165) is 24.3 Å². The number of rotatable bonds is 6. The van der Waals surface area contributed by atoms with Crippen LogP contribution in [0, 0.1) is 23.5 Å². The van der Waals surface area contributed by atoms with Gasteiger partial charge in [0.1, 0.15) is 11.7 Å². The molecule has 196 valence electrons. The number of anilines is 1. The Bertz CT molecular complexity index is 1290. The molecule has 2 aliphatic rings. The minimum atomic E-state index is -4.17. The standard InChI is InChI=1S/C24H26ClF2NO7S/c1-11(29)22(31)24(33)13-7-15(10-16(24)20(30)8-13)36(34,35)21-6-12(2-4-17(21)25)23(32)28-14-3-5-18(26)19(27)9-14/h2-6,9,11,13,15-16,20,22,29-31,33H,7-8,10H2,1H3,(H,28,32)/t11-,13?,15+,16?,20?,22+,24+/m0/s1. The van der Waals surface area contributed by atoms with Crippen molar-refractivity contribution in [2.75, 3.05) is 5.32 Å². The monoisotopic (exact) mass is 545 g/mol. The molecule has 4 rings (SSSR count). The Morgan fingerprint density at radius 1 is 1.11 bits per heavy atom. The van der Waals surface area contributed by atoms with E-state index < -0.39 is 68.4 Å². The van der Waals surface area contributed by atoms with Crippen molar-refractivity contribution in [3.63, 3.8) is 0 Å². The van der Waals surface area contributed by atoms with Gasteiger partial charge >= 0.3 is 0 Å². The molecule has 0 aromatic heterocycles. The highest BCUT2D eigenvalue weighted by atomic mass is 35.5. The van der Waals surface area contributed by atoms with Crippen LogP contribution in [0.5, 0.6) is 0 Å². The zero-order valence-electron chi connectivity index (χ0n) is 19.1. The second kappa shape index (κ2) is 9.62. The predicted molar refractivity (Wildman–Crippen MR) is 126 cm³/mol. The maximum atomic E-state index is 13.6. The Morgan fingerprint density at radius 3 is 2.42 bits per heavy atom. The van der Waals surface area contributed by atoms with Crippen LogP contribution in [-0.2, 0) is 9.84 Å². The summed E-state index contributed by atoms with van der Waals surface area (Å²) in [6, 6.07) is 6.36. The molecule has 3 unspecified atom stereocenters. The fourth-order valence-corrected chi connectivity index (χ4v) is 7.88. The summed E-state index contributed by atoms with van der Waals surface area (Å²) in [7, 11) is -4.17. The van der Waals surface area contributed by atoms with Gasteiger partial charge in [0.25, 0.3) is 5.91 Å². The first-order valence-corrected chi connectivity index (χ1v) is 13.3. The maximum Gasteiger partial charge on any atom is 0.255 e. The molecule has 5 N–H and O–H groups in total. The van der Waals surface area contributed by atoms with E-state index >= 15 is 0 Å². The number of halogens is 3. The van der Waals surface area contributed by atoms with Crippen LogP contribution in [0.2, 0.25) is 5.02 Å². The summed E-state index contributed by atoms with van der Waals surface area (Å²) < 4.78 is 53.8. The minimum absolute atomic E-state index is 0.0351. The molecule has 2 bridgehead atoms. The van der Waals surface area contributed by atoms with Crippen molar-refractivity contribution in [3.8, 4) is 0 Å². The van der Waals surface area contributed by atoms with Crippen molar-refractivity contribution in [2.45, 2.75) is 60.2 Å². The first-order valence-electron chi connectivity index (χ1n) is 11.3. The van der Waals surface area contributed by atoms with E-state index in [-0.39, 0.29) is 40.4 Å². The van der Waals surface area contributed by atoms with Gasteiger partial charge in [-0.25, -0.2) is 17.2 Å². The van der Waals surface area contributed by atoms with Gasteiger partial charge in [0.15, 0.2) is 21.5 Å². The van der Waals surface area contributed by atoms with Crippen LogP contribution in [0.25, 0.3) is 0 Å². The first kappa shape index (κ1) is 26.9. The van der Waals surface area contributed by atoms with Gasteiger partial charge in [0, 0.05) is 23.2 Å². The van der Waals surface area contributed by atoms with Gasteiger partial charge in [-0.2, -0.15) is 0 Å². The molecular weight excluding hydrogens is 520 g/mol. The molecule has 2 aliphatic carbocycles. The van der Waals surface area contributed by atoms with Crippen LogP contribution >= 0.6 is 11.6 Å². The van der Waals surface area contributed by atoms with E-state index in [1.165, 1.54) is 19.1 Å². The Hall–Kier alpha value is -2.15. The van der Waals surface area contributed by atoms with E-state index in [4.69, 9.17) is 11.6 Å². The third-order valence-electron chi connectivity index (χ3n) is 7.35. The molecule has 2 aromatic carbocycles. The van der Waals surface area contributed by atoms with Crippen molar-refractivity contribution >= 4 is 33.0 Å². The van der Waals surface area contributed by atoms with Crippen LogP contribution < -0.4 is 5.32 Å². The molecule has 12 heteroatoms. The van der Waals surface area contributed by atoms with Gasteiger partial charge in [-0.3, -0.25) is 4.79 Å². The SMILES string of the molecule is C[C@H](O)[C@@H](O)[C@@]1(O)C2CC(O)C1C[C@H](S(=O)(=O)c1cc(C(=O)Nc3ccc(F)c(F)c3)ccc1Cl)C2. The Balaban J connectivity index is 1.61. The first-order chi connectivity index (χ1) is 16.8. The van der Waals surface area contributed by atoms with Gasteiger partial charge in [0.2, 0.25) is 0 Å². The molecular formula is C24H26ClF2NO7S. The van der Waals surface area contributed by atoms with Crippen LogP contribution in [0.4, 0.5) is 14.5 Å². The molecule has 2 aromatic rings. The normalized spacial score (nSPS) is 29.6. The second-order valence-electron chi connectivity index (χ2n) is 9.55. The van der Waals surface area contributed by atoms with Crippen molar-refractivity contribution in [2.24, 2.45) is 11.8 Å². The van der Waals surface area contributed by atoms with E-state index in [2.05, 4.69) is 5.32 Å². The Labute approximate surface area is 211 Å². The lowest BCUT2D eigenvalue weighted by molar-refractivity contribution is -0.178. The summed E-state index contributed by atoms with van der Waals surface area (Å²) in [6.07, 6.45) is -4.17.